The van der Waals surface area contributed by atoms with Crippen LogP contribution in [-0.4, -0.2) is 9.85 Å². The molecule has 102 valence electrons. The van der Waals surface area contributed by atoms with Crippen LogP contribution in [0.2, 0.25) is 0 Å². The zero-order valence-electron chi connectivity index (χ0n) is 9.86. The van der Waals surface area contributed by atoms with Gasteiger partial charge in [0.25, 0.3) is 11.4 Å². The van der Waals surface area contributed by atoms with Crippen LogP contribution < -0.4 is 0 Å². The summed E-state index contributed by atoms with van der Waals surface area (Å²) < 4.78 is 13.3. The minimum atomic E-state index is -0.705. The summed E-state index contributed by atoms with van der Waals surface area (Å²) >= 11 is 1.09. The van der Waals surface area contributed by atoms with E-state index in [0.29, 0.717) is 9.79 Å². The maximum absolute atomic E-state index is 13.3. The van der Waals surface area contributed by atoms with Crippen LogP contribution in [0.25, 0.3) is 0 Å². The Morgan fingerprint density at radius 3 is 2.00 bits per heavy atom. The van der Waals surface area contributed by atoms with Crippen molar-refractivity contribution in [3.63, 3.8) is 0 Å². The largest absolute Gasteiger partial charge is 0.273 e. The first-order valence-electron chi connectivity index (χ1n) is 5.33. The third kappa shape index (κ3) is 3.29. The van der Waals surface area contributed by atoms with Gasteiger partial charge in [-0.15, -0.1) is 0 Å². The number of rotatable bonds is 4. The van der Waals surface area contributed by atoms with Gasteiger partial charge in [0.1, 0.15) is 5.82 Å². The minimum Gasteiger partial charge on any atom is -0.258 e. The lowest BCUT2D eigenvalue weighted by molar-refractivity contribution is -0.385. The maximum Gasteiger partial charge on any atom is 0.273 e. The molecule has 20 heavy (non-hydrogen) atoms. The molecule has 2 rings (SSSR count). The van der Waals surface area contributed by atoms with Gasteiger partial charge in [-0.2, -0.15) is 0 Å². The SMILES string of the molecule is O=[N+]([O-])c1ccc(Sc2cc(F)cc([N+](=O)[O-])c2)cc1. The summed E-state index contributed by atoms with van der Waals surface area (Å²) in [5.41, 5.74) is -0.394. The van der Waals surface area contributed by atoms with Gasteiger partial charge in [0.05, 0.1) is 15.9 Å². The summed E-state index contributed by atoms with van der Waals surface area (Å²) in [7, 11) is 0. The van der Waals surface area contributed by atoms with E-state index in [0.717, 1.165) is 17.8 Å². The topological polar surface area (TPSA) is 86.3 Å². The molecule has 0 radical (unpaired) electrons. The van der Waals surface area contributed by atoms with Crippen molar-refractivity contribution in [2.24, 2.45) is 0 Å². The molecule has 0 aromatic heterocycles. The molecule has 2 aromatic carbocycles. The standard InChI is InChI=1S/C12H7FN2O4S/c13-8-5-10(15(18)19)7-12(6-8)20-11-3-1-9(2-4-11)14(16)17/h1-7H. The molecule has 8 heteroatoms. The van der Waals surface area contributed by atoms with Gasteiger partial charge in [0, 0.05) is 28.0 Å². The molecule has 0 fully saturated rings. The molecule has 0 aliphatic rings. The Balaban J connectivity index is 2.25. The van der Waals surface area contributed by atoms with Gasteiger partial charge in [-0.1, -0.05) is 11.8 Å². The Morgan fingerprint density at radius 2 is 1.45 bits per heavy atom. The van der Waals surface area contributed by atoms with Crippen molar-refractivity contribution in [1.29, 1.82) is 0 Å². The van der Waals surface area contributed by atoms with Crippen molar-refractivity contribution in [2.75, 3.05) is 0 Å². The molecule has 0 aliphatic carbocycles. The Labute approximate surface area is 116 Å². The van der Waals surface area contributed by atoms with E-state index in [1.165, 1.54) is 36.4 Å². The normalized spacial score (nSPS) is 10.2. The van der Waals surface area contributed by atoms with E-state index in [2.05, 4.69) is 0 Å². The summed E-state index contributed by atoms with van der Waals surface area (Å²) in [6.45, 7) is 0. The van der Waals surface area contributed by atoms with Gasteiger partial charge < -0.3 is 0 Å². The molecule has 2 aromatic rings. The zero-order valence-corrected chi connectivity index (χ0v) is 10.7. The number of halogens is 1. The quantitative estimate of drug-likeness (QED) is 0.632. The lowest BCUT2D eigenvalue weighted by Gasteiger charge is -2.02. The molecule has 6 nitrogen and oxygen atoms in total. The number of nitrogens with zero attached hydrogens (tertiary/aromatic N) is 2. The van der Waals surface area contributed by atoms with Gasteiger partial charge >= 0.3 is 0 Å². The van der Waals surface area contributed by atoms with Gasteiger partial charge in [-0.3, -0.25) is 20.2 Å². The Morgan fingerprint density at radius 1 is 0.850 bits per heavy atom. The van der Waals surface area contributed by atoms with Gasteiger partial charge in [0.2, 0.25) is 0 Å². The molecule has 0 unspecified atom stereocenters. The molecule has 0 bridgehead atoms. The van der Waals surface area contributed by atoms with E-state index in [1.54, 1.807) is 0 Å². The minimum absolute atomic E-state index is 0.0560. The van der Waals surface area contributed by atoms with Crippen LogP contribution in [0.1, 0.15) is 0 Å². The Kier molecular flexibility index (Phi) is 3.94. The number of hydrogen-bond donors (Lipinski definition) is 0. The molecule has 0 spiro atoms. The monoisotopic (exact) mass is 294 g/mol. The molecule has 0 saturated heterocycles. The van der Waals surface area contributed by atoms with Crippen LogP contribution in [0.3, 0.4) is 0 Å². The van der Waals surface area contributed by atoms with Crippen LogP contribution in [0.5, 0.6) is 0 Å². The fourth-order valence-corrected chi connectivity index (χ4v) is 2.38. The van der Waals surface area contributed by atoms with Crippen molar-refractivity contribution in [1.82, 2.24) is 0 Å². The molecular weight excluding hydrogens is 287 g/mol. The molecule has 0 atom stereocenters. The van der Waals surface area contributed by atoms with E-state index in [1.807, 2.05) is 0 Å². The third-order valence-electron chi connectivity index (χ3n) is 2.35. The van der Waals surface area contributed by atoms with Crippen molar-refractivity contribution in [3.8, 4) is 0 Å². The number of nitro groups is 2. The average Bonchev–Trinajstić information content (AvgIpc) is 2.38. The molecule has 0 heterocycles. The molecule has 0 amide bonds. The Bertz CT molecular complexity index is 676. The second kappa shape index (κ2) is 5.66. The second-order valence-electron chi connectivity index (χ2n) is 3.76. The van der Waals surface area contributed by atoms with Crippen LogP contribution >= 0.6 is 11.8 Å². The first-order valence-corrected chi connectivity index (χ1v) is 6.14. The summed E-state index contributed by atoms with van der Waals surface area (Å²) in [6.07, 6.45) is 0. The molecule has 0 aliphatic heterocycles. The number of non-ortho nitro benzene ring substituents is 2. The summed E-state index contributed by atoms with van der Waals surface area (Å²) in [4.78, 5) is 20.9. The van der Waals surface area contributed by atoms with Gasteiger partial charge in [-0.05, 0) is 18.2 Å². The average molecular weight is 294 g/mol. The lowest BCUT2D eigenvalue weighted by atomic mass is 10.3. The first kappa shape index (κ1) is 13.9. The fraction of sp³-hybridized carbons (Fsp3) is 0. The highest BCUT2D eigenvalue weighted by atomic mass is 32.2. The van der Waals surface area contributed by atoms with Crippen molar-refractivity contribution < 1.29 is 14.2 Å². The molecular formula is C12H7FN2O4S. The van der Waals surface area contributed by atoms with Gasteiger partial charge in [0.15, 0.2) is 0 Å². The van der Waals surface area contributed by atoms with Crippen LogP contribution in [0.4, 0.5) is 15.8 Å². The highest BCUT2D eigenvalue weighted by Crippen LogP contribution is 2.31. The van der Waals surface area contributed by atoms with Crippen LogP contribution in [0, 0.1) is 26.0 Å². The van der Waals surface area contributed by atoms with Crippen molar-refractivity contribution >= 4 is 23.1 Å². The van der Waals surface area contributed by atoms with Crippen LogP contribution in [0.15, 0.2) is 52.3 Å². The van der Waals surface area contributed by atoms with E-state index in [-0.39, 0.29) is 11.4 Å². The van der Waals surface area contributed by atoms with Crippen LogP contribution in [-0.2, 0) is 0 Å². The van der Waals surface area contributed by atoms with E-state index in [9.17, 15) is 24.6 Å². The molecule has 0 N–H and O–H groups in total. The predicted octanol–water partition coefficient (Wildman–Crippen LogP) is 3.79. The highest BCUT2D eigenvalue weighted by Gasteiger charge is 2.11. The van der Waals surface area contributed by atoms with Crippen molar-refractivity contribution in [2.45, 2.75) is 9.79 Å². The Hall–Kier alpha value is -2.48. The highest BCUT2D eigenvalue weighted by molar-refractivity contribution is 7.99. The lowest BCUT2D eigenvalue weighted by Crippen LogP contribution is -1.90. The maximum atomic E-state index is 13.3. The number of hydrogen-bond acceptors (Lipinski definition) is 5. The fourth-order valence-electron chi connectivity index (χ4n) is 1.48. The first-order chi connectivity index (χ1) is 9.45. The second-order valence-corrected chi connectivity index (χ2v) is 4.90. The summed E-state index contributed by atoms with van der Waals surface area (Å²) in [5, 5.41) is 21.1. The van der Waals surface area contributed by atoms with E-state index >= 15 is 0 Å². The van der Waals surface area contributed by atoms with E-state index < -0.39 is 15.7 Å². The third-order valence-corrected chi connectivity index (χ3v) is 3.33. The number of nitro benzene ring substituents is 2. The zero-order chi connectivity index (χ0) is 14.7. The van der Waals surface area contributed by atoms with Crippen molar-refractivity contribution in [3.05, 3.63) is 68.5 Å². The summed E-state index contributed by atoms with van der Waals surface area (Å²) in [5.74, 6) is -0.705. The van der Waals surface area contributed by atoms with Gasteiger partial charge in [-0.25, -0.2) is 4.39 Å². The predicted molar refractivity (Wildman–Crippen MR) is 70.3 cm³/mol. The smallest absolute Gasteiger partial charge is 0.258 e. The van der Waals surface area contributed by atoms with E-state index in [4.69, 9.17) is 0 Å². The molecule has 0 saturated carbocycles. The number of benzene rings is 2. The summed E-state index contributed by atoms with van der Waals surface area (Å²) in [6, 6.07) is 8.87.